The molecule has 1 fully saturated rings. The SMILES string of the molecule is Cc1cccc2nc(C)n([C@@H]3C[C@@H]3F)c(=O)c12. The Bertz CT molecular complexity index is 662. The summed E-state index contributed by atoms with van der Waals surface area (Å²) in [6.07, 6.45) is -0.463. The first-order valence-corrected chi connectivity index (χ1v) is 5.72. The van der Waals surface area contributed by atoms with Gasteiger partial charge in [-0.25, -0.2) is 9.37 Å². The Morgan fingerprint density at radius 2 is 2.12 bits per heavy atom. The molecule has 1 heterocycles. The highest BCUT2D eigenvalue weighted by atomic mass is 19.1. The van der Waals surface area contributed by atoms with E-state index in [1.165, 1.54) is 4.57 Å². The number of hydrogen-bond donors (Lipinski definition) is 0. The highest BCUT2D eigenvalue weighted by molar-refractivity contribution is 5.81. The molecular formula is C13H13FN2O. The summed E-state index contributed by atoms with van der Waals surface area (Å²) < 4.78 is 14.6. The zero-order chi connectivity index (χ0) is 12.2. The average Bonchev–Trinajstić information content (AvgIpc) is 2.94. The standard InChI is InChI=1S/C13H13FN2O/c1-7-4-3-5-10-12(7)13(17)16(8(2)15-10)11-6-9(11)14/h3-5,9,11H,6H2,1-2H3/t9-,11+/m0/s1. The predicted molar refractivity (Wildman–Crippen MR) is 64.0 cm³/mol. The van der Waals surface area contributed by atoms with Crippen molar-refractivity contribution in [3.63, 3.8) is 0 Å². The van der Waals surface area contributed by atoms with Crippen molar-refractivity contribution in [3.8, 4) is 0 Å². The van der Waals surface area contributed by atoms with E-state index in [1.807, 2.05) is 25.1 Å². The Morgan fingerprint density at radius 3 is 2.76 bits per heavy atom. The van der Waals surface area contributed by atoms with Crippen LogP contribution in [0.1, 0.15) is 23.9 Å². The Labute approximate surface area is 97.9 Å². The van der Waals surface area contributed by atoms with Crippen LogP contribution in [0, 0.1) is 13.8 Å². The molecule has 88 valence electrons. The van der Waals surface area contributed by atoms with Gasteiger partial charge in [0.05, 0.1) is 16.9 Å². The molecule has 0 N–H and O–H groups in total. The number of aryl methyl sites for hydroxylation is 2. The van der Waals surface area contributed by atoms with Crippen LogP contribution in [0.15, 0.2) is 23.0 Å². The lowest BCUT2D eigenvalue weighted by atomic mass is 10.1. The number of alkyl halides is 1. The van der Waals surface area contributed by atoms with Crippen LogP contribution in [0.5, 0.6) is 0 Å². The van der Waals surface area contributed by atoms with Crippen LogP contribution < -0.4 is 5.56 Å². The summed E-state index contributed by atoms with van der Waals surface area (Å²) in [7, 11) is 0. The number of benzene rings is 1. The van der Waals surface area contributed by atoms with Crippen LogP contribution in [-0.2, 0) is 0 Å². The van der Waals surface area contributed by atoms with Crippen LogP contribution in [0.3, 0.4) is 0 Å². The first-order valence-electron chi connectivity index (χ1n) is 5.72. The van der Waals surface area contributed by atoms with E-state index in [-0.39, 0.29) is 11.6 Å². The average molecular weight is 232 g/mol. The van der Waals surface area contributed by atoms with Gasteiger partial charge in [-0.1, -0.05) is 12.1 Å². The molecule has 1 saturated carbocycles. The molecular weight excluding hydrogens is 219 g/mol. The second-order valence-corrected chi connectivity index (χ2v) is 4.62. The summed E-state index contributed by atoms with van der Waals surface area (Å²) in [4.78, 5) is 16.7. The number of fused-ring (bicyclic) bond motifs is 1. The Kier molecular flexibility index (Phi) is 2.08. The van der Waals surface area contributed by atoms with Crippen molar-refractivity contribution in [1.29, 1.82) is 0 Å². The highest BCUT2D eigenvalue weighted by Gasteiger charge is 2.41. The van der Waals surface area contributed by atoms with E-state index >= 15 is 0 Å². The van der Waals surface area contributed by atoms with E-state index in [0.717, 1.165) is 5.56 Å². The van der Waals surface area contributed by atoms with Crippen molar-refractivity contribution in [2.75, 3.05) is 0 Å². The quantitative estimate of drug-likeness (QED) is 0.756. The molecule has 0 unspecified atom stereocenters. The van der Waals surface area contributed by atoms with E-state index in [2.05, 4.69) is 4.98 Å². The molecule has 3 nitrogen and oxygen atoms in total. The molecule has 0 spiro atoms. The number of aromatic nitrogens is 2. The summed E-state index contributed by atoms with van der Waals surface area (Å²) in [5.41, 5.74) is 1.47. The van der Waals surface area contributed by atoms with Crippen molar-refractivity contribution in [2.24, 2.45) is 0 Å². The maximum absolute atomic E-state index is 13.1. The maximum Gasteiger partial charge on any atom is 0.262 e. The van der Waals surface area contributed by atoms with E-state index in [9.17, 15) is 9.18 Å². The lowest BCUT2D eigenvalue weighted by molar-refractivity contribution is 0.434. The molecule has 1 aromatic carbocycles. The van der Waals surface area contributed by atoms with E-state index < -0.39 is 6.17 Å². The monoisotopic (exact) mass is 232 g/mol. The molecule has 0 bridgehead atoms. The molecule has 2 atom stereocenters. The minimum Gasteiger partial charge on any atom is -0.290 e. The Balaban J connectivity index is 2.38. The smallest absolute Gasteiger partial charge is 0.262 e. The zero-order valence-corrected chi connectivity index (χ0v) is 9.77. The molecule has 3 rings (SSSR count). The van der Waals surface area contributed by atoms with Gasteiger partial charge >= 0.3 is 0 Å². The summed E-state index contributed by atoms with van der Waals surface area (Å²) >= 11 is 0. The van der Waals surface area contributed by atoms with Gasteiger partial charge in [-0.2, -0.15) is 0 Å². The highest BCUT2D eigenvalue weighted by Crippen LogP contribution is 2.38. The fourth-order valence-electron chi connectivity index (χ4n) is 2.33. The van der Waals surface area contributed by atoms with Gasteiger partial charge in [0.25, 0.3) is 5.56 Å². The summed E-state index contributed by atoms with van der Waals surface area (Å²) in [6.45, 7) is 3.64. The molecule has 0 radical (unpaired) electrons. The third kappa shape index (κ3) is 1.47. The normalized spacial score (nSPS) is 23.0. The second-order valence-electron chi connectivity index (χ2n) is 4.62. The summed E-state index contributed by atoms with van der Waals surface area (Å²) in [5.74, 6) is 0.596. The fraction of sp³-hybridized carbons (Fsp3) is 0.385. The first-order chi connectivity index (χ1) is 8.09. The third-order valence-corrected chi connectivity index (χ3v) is 3.33. The maximum atomic E-state index is 13.1. The molecule has 1 aliphatic carbocycles. The topological polar surface area (TPSA) is 34.9 Å². The first kappa shape index (κ1) is 10.4. The van der Waals surface area contributed by atoms with Gasteiger partial charge in [0.15, 0.2) is 0 Å². The second kappa shape index (κ2) is 3.39. The number of hydrogen-bond acceptors (Lipinski definition) is 2. The Morgan fingerprint density at radius 1 is 1.41 bits per heavy atom. The fourth-order valence-corrected chi connectivity index (χ4v) is 2.33. The lowest BCUT2D eigenvalue weighted by Gasteiger charge is -2.10. The van der Waals surface area contributed by atoms with Crippen molar-refractivity contribution in [1.82, 2.24) is 9.55 Å². The van der Waals surface area contributed by atoms with Crippen LogP contribution in [0.2, 0.25) is 0 Å². The molecule has 0 saturated heterocycles. The van der Waals surface area contributed by atoms with Crippen LogP contribution in [0.25, 0.3) is 10.9 Å². The van der Waals surface area contributed by atoms with Gasteiger partial charge in [-0.15, -0.1) is 0 Å². The van der Waals surface area contributed by atoms with E-state index in [4.69, 9.17) is 0 Å². The van der Waals surface area contributed by atoms with Crippen molar-refractivity contribution >= 4 is 10.9 Å². The van der Waals surface area contributed by atoms with Crippen molar-refractivity contribution in [3.05, 3.63) is 39.9 Å². The van der Waals surface area contributed by atoms with Crippen molar-refractivity contribution < 1.29 is 4.39 Å². The van der Waals surface area contributed by atoms with Gasteiger partial charge < -0.3 is 0 Å². The molecule has 2 aromatic rings. The molecule has 0 amide bonds. The van der Waals surface area contributed by atoms with Gasteiger partial charge in [0, 0.05) is 6.42 Å². The molecule has 0 aliphatic heterocycles. The van der Waals surface area contributed by atoms with Crippen molar-refractivity contribution in [2.45, 2.75) is 32.5 Å². The molecule has 17 heavy (non-hydrogen) atoms. The summed E-state index contributed by atoms with van der Waals surface area (Å²) in [6, 6.07) is 5.27. The number of halogens is 1. The predicted octanol–water partition coefficient (Wildman–Crippen LogP) is 2.30. The van der Waals surface area contributed by atoms with Crippen LogP contribution in [-0.4, -0.2) is 15.7 Å². The minimum absolute atomic E-state index is 0.115. The van der Waals surface area contributed by atoms with Gasteiger partial charge in [0.2, 0.25) is 0 Å². The van der Waals surface area contributed by atoms with Gasteiger partial charge in [-0.3, -0.25) is 9.36 Å². The molecule has 1 aromatic heterocycles. The number of rotatable bonds is 1. The van der Waals surface area contributed by atoms with Crippen LogP contribution in [0.4, 0.5) is 4.39 Å². The lowest BCUT2D eigenvalue weighted by Crippen LogP contribution is -2.24. The summed E-state index contributed by atoms with van der Waals surface area (Å²) in [5, 5.41) is 0.609. The molecule has 1 aliphatic rings. The zero-order valence-electron chi connectivity index (χ0n) is 9.77. The third-order valence-electron chi connectivity index (χ3n) is 3.33. The van der Waals surface area contributed by atoms with Gasteiger partial charge in [-0.05, 0) is 25.5 Å². The van der Waals surface area contributed by atoms with E-state index in [0.29, 0.717) is 23.1 Å². The van der Waals surface area contributed by atoms with E-state index in [1.54, 1.807) is 6.92 Å². The van der Waals surface area contributed by atoms with Gasteiger partial charge in [0.1, 0.15) is 12.0 Å². The Hall–Kier alpha value is -1.71. The number of nitrogens with zero attached hydrogens (tertiary/aromatic N) is 2. The largest absolute Gasteiger partial charge is 0.290 e. The minimum atomic E-state index is -0.894. The van der Waals surface area contributed by atoms with Crippen LogP contribution >= 0.6 is 0 Å². The molecule has 4 heteroatoms.